The topological polar surface area (TPSA) is 66.8 Å². The average molecular weight is 353 g/mol. The van der Waals surface area contributed by atoms with Gasteiger partial charge in [0.05, 0.1) is 18.5 Å². The van der Waals surface area contributed by atoms with E-state index in [1.54, 1.807) is 6.07 Å². The summed E-state index contributed by atoms with van der Waals surface area (Å²) in [5.41, 5.74) is 1.21. The van der Waals surface area contributed by atoms with Crippen LogP contribution in [0.3, 0.4) is 0 Å². The molecule has 0 spiro atoms. The molecule has 1 N–H and O–H groups in total. The number of anilines is 1. The third-order valence-corrected chi connectivity index (χ3v) is 4.58. The van der Waals surface area contributed by atoms with E-state index < -0.39 is 21.9 Å². The van der Waals surface area contributed by atoms with Crippen LogP contribution in [0, 0.1) is 12.7 Å². The molecule has 0 fully saturated rings. The molecule has 0 bridgehead atoms. The maximum Gasteiger partial charge on any atom is 0.232 e. The van der Waals surface area contributed by atoms with Gasteiger partial charge in [-0.3, -0.25) is 4.31 Å². The molecule has 0 aliphatic rings. The van der Waals surface area contributed by atoms with Gasteiger partial charge in [0.25, 0.3) is 0 Å². The van der Waals surface area contributed by atoms with Crippen molar-refractivity contribution in [2.45, 2.75) is 13.0 Å². The molecule has 0 aliphatic heterocycles. The van der Waals surface area contributed by atoms with Gasteiger partial charge >= 0.3 is 0 Å². The van der Waals surface area contributed by atoms with Gasteiger partial charge in [-0.25, -0.2) is 12.8 Å². The maximum atomic E-state index is 13.0. The Morgan fingerprint density at radius 3 is 2.38 bits per heavy atom. The summed E-state index contributed by atoms with van der Waals surface area (Å²) < 4.78 is 43.5. The highest BCUT2D eigenvalue weighted by Crippen LogP contribution is 2.20. The smallest absolute Gasteiger partial charge is 0.232 e. The van der Waals surface area contributed by atoms with Gasteiger partial charge in [-0.05, 0) is 42.8 Å². The van der Waals surface area contributed by atoms with Crippen LogP contribution in [-0.4, -0.2) is 39.0 Å². The summed E-state index contributed by atoms with van der Waals surface area (Å²) >= 11 is 0. The number of para-hydroxylation sites is 1. The van der Waals surface area contributed by atoms with Gasteiger partial charge in [0, 0.05) is 0 Å². The molecule has 0 radical (unpaired) electrons. The van der Waals surface area contributed by atoms with Crippen molar-refractivity contribution in [2.75, 3.05) is 23.7 Å². The van der Waals surface area contributed by atoms with Gasteiger partial charge in [-0.15, -0.1) is 0 Å². The van der Waals surface area contributed by atoms with Gasteiger partial charge in [-0.2, -0.15) is 0 Å². The van der Waals surface area contributed by atoms with E-state index in [0.717, 1.165) is 16.1 Å². The van der Waals surface area contributed by atoms with Crippen molar-refractivity contribution < 1.29 is 22.7 Å². The van der Waals surface area contributed by atoms with Crippen molar-refractivity contribution in [2.24, 2.45) is 0 Å². The quantitative estimate of drug-likeness (QED) is 0.830. The molecule has 0 amide bonds. The monoisotopic (exact) mass is 353 g/mol. The molecule has 0 saturated carbocycles. The normalized spacial score (nSPS) is 12.7. The van der Waals surface area contributed by atoms with Crippen LogP contribution in [0.2, 0.25) is 0 Å². The lowest BCUT2D eigenvalue weighted by Crippen LogP contribution is -2.39. The lowest BCUT2D eigenvalue weighted by Gasteiger charge is -2.25. The zero-order valence-corrected chi connectivity index (χ0v) is 14.3. The van der Waals surface area contributed by atoms with Crippen molar-refractivity contribution in [1.29, 1.82) is 0 Å². The first-order chi connectivity index (χ1) is 11.3. The fraction of sp³-hybridized carbons (Fsp3) is 0.294. The summed E-state index contributed by atoms with van der Waals surface area (Å²) in [6.07, 6.45) is -0.00459. The number of aliphatic hydroxyl groups is 1. The molecule has 7 heteroatoms. The van der Waals surface area contributed by atoms with E-state index in [4.69, 9.17) is 4.74 Å². The zero-order chi connectivity index (χ0) is 17.7. The second kappa shape index (κ2) is 7.63. The van der Waals surface area contributed by atoms with Crippen molar-refractivity contribution >= 4 is 15.7 Å². The number of rotatable bonds is 7. The first-order valence-electron chi connectivity index (χ1n) is 7.37. The molecule has 2 rings (SSSR count). The van der Waals surface area contributed by atoms with Crippen LogP contribution in [0.5, 0.6) is 5.75 Å². The highest BCUT2D eigenvalue weighted by atomic mass is 32.2. The number of halogens is 1. The van der Waals surface area contributed by atoms with E-state index in [1.807, 2.05) is 25.1 Å². The number of aryl methyl sites for hydroxylation is 1. The lowest BCUT2D eigenvalue weighted by atomic mass is 10.2. The molecule has 2 aromatic carbocycles. The summed E-state index contributed by atoms with van der Waals surface area (Å²) in [6, 6.07) is 12.4. The van der Waals surface area contributed by atoms with Crippen molar-refractivity contribution in [3.8, 4) is 5.75 Å². The summed E-state index contributed by atoms with van der Waals surface area (Å²) in [7, 11) is -3.62. The number of nitrogens with zero attached hydrogens (tertiary/aromatic N) is 1. The molecule has 0 saturated heterocycles. The van der Waals surface area contributed by atoms with E-state index >= 15 is 0 Å². The Hall–Kier alpha value is -2.12. The first-order valence-corrected chi connectivity index (χ1v) is 9.22. The van der Waals surface area contributed by atoms with E-state index in [0.29, 0.717) is 5.75 Å². The number of ether oxygens (including phenoxy) is 1. The third-order valence-electron chi connectivity index (χ3n) is 3.42. The van der Waals surface area contributed by atoms with Crippen LogP contribution in [0.4, 0.5) is 10.1 Å². The Morgan fingerprint density at radius 1 is 1.17 bits per heavy atom. The summed E-state index contributed by atoms with van der Waals surface area (Å²) in [5, 5.41) is 10.1. The fourth-order valence-corrected chi connectivity index (χ4v) is 3.14. The molecule has 0 heterocycles. The number of benzene rings is 2. The van der Waals surface area contributed by atoms with E-state index in [9.17, 15) is 17.9 Å². The van der Waals surface area contributed by atoms with Gasteiger partial charge in [0.15, 0.2) is 0 Å². The van der Waals surface area contributed by atoms with Crippen LogP contribution in [0.25, 0.3) is 0 Å². The number of aliphatic hydroxyl groups excluding tert-OH is 1. The van der Waals surface area contributed by atoms with Crippen molar-refractivity contribution in [3.05, 3.63) is 59.9 Å². The minimum Gasteiger partial charge on any atom is -0.491 e. The van der Waals surface area contributed by atoms with Crippen LogP contribution >= 0.6 is 0 Å². The SMILES string of the molecule is Cc1ccccc1OC[C@H](O)CN(c1ccc(F)cc1)S(C)(=O)=O. The number of hydrogen-bond acceptors (Lipinski definition) is 4. The molecule has 0 aromatic heterocycles. The van der Waals surface area contributed by atoms with Gasteiger partial charge in [-0.1, -0.05) is 18.2 Å². The van der Waals surface area contributed by atoms with Crippen LogP contribution < -0.4 is 9.04 Å². The summed E-state index contributed by atoms with van der Waals surface area (Å²) in [5.74, 6) is 0.167. The molecule has 0 unspecified atom stereocenters. The van der Waals surface area contributed by atoms with E-state index in [1.165, 1.54) is 24.3 Å². The minimum absolute atomic E-state index is 0.0575. The molecular weight excluding hydrogens is 333 g/mol. The highest BCUT2D eigenvalue weighted by Gasteiger charge is 2.21. The molecule has 5 nitrogen and oxygen atoms in total. The molecule has 2 aromatic rings. The molecular formula is C17H20FNO4S. The van der Waals surface area contributed by atoms with E-state index in [-0.39, 0.29) is 18.8 Å². The summed E-state index contributed by atoms with van der Waals surface area (Å²) in [4.78, 5) is 0. The standard InChI is InChI=1S/C17H20FNO4S/c1-13-5-3-4-6-17(13)23-12-16(20)11-19(24(2,21)22)15-9-7-14(18)8-10-15/h3-10,16,20H,11-12H2,1-2H3/t16-/m1/s1. The number of sulfonamides is 1. The summed E-state index contributed by atoms with van der Waals surface area (Å²) in [6.45, 7) is 1.64. The molecule has 130 valence electrons. The van der Waals surface area contributed by atoms with Gasteiger partial charge in [0.2, 0.25) is 10.0 Å². The van der Waals surface area contributed by atoms with Crippen LogP contribution in [0.15, 0.2) is 48.5 Å². The predicted molar refractivity (Wildman–Crippen MR) is 91.3 cm³/mol. The lowest BCUT2D eigenvalue weighted by molar-refractivity contribution is 0.114. The Bertz CT molecular complexity index is 777. The van der Waals surface area contributed by atoms with Crippen molar-refractivity contribution in [1.82, 2.24) is 0 Å². The second-order valence-corrected chi connectivity index (χ2v) is 7.41. The second-order valence-electron chi connectivity index (χ2n) is 5.50. The van der Waals surface area contributed by atoms with Crippen LogP contribution in [-0.2, 0) is 10.0 Å². The Morgan fingerprint density at radius 2 is 1.79 bits per heavy atom. The minimum atomic E-state index is -3.62. The Kier molecular flexibility index (Phi) is 5.80. The molecule has 0 aliphatic carbocycles. The fourth-order valence-electron chi connectivity index (χ4n) is 2.19. The maximum absolute atomic E-state index is 13.0. The zero-order valence-electron chi connectivity index (χ0n) is 13.5. The van der Waals surface area contributed by atoms with Crippen molar-refractivity contribution in [3.63, 3.8) is 0 Å². The first kappa shape index (κ1) is 18.2. The van der Waals surface area contributed by atoms with Crippen LogP contribution in [0.1, 0.15) is 5.56 Å². The molecule has 1 atom stereocenters. The number of hydrogen-bond donors (Lipinski definition) is 1. The highest BCUT2D eigenvalue weighted by molar-refractivity contribution is 7.92. The predicted octanol–water partition coefficient (Wildman–Crippen LogP) is 2.34. The van der Waals surface area contributed by atoms with E-state index in [2.05, 4.69) is 0 Å². The largest absolute Gasteiger partial charge is 0.491 e. The Labute approximate surface area is 141 Å². The Balaban J connectivity index is 2.06. The van der Waals surface area contributed by atoms with Gasteiger partial charge < -0.3 is 9.84 Å². The van der Waals surface area contributed by atoms with Gasteiger partial charge in [0.1, 0.15) is 24.3 Å². The average Bonchev–Trinajstić information content (AvgIpc) is 2.52. The molecule has 24 heavy (non-hydrogen) atoms. The third kappa shape index (κ3) is 4.94.